The Morgan fingerprint density at radius 1 is 1.04 bits per heavy atom. The van der Waals surface area contributed by atoms with Crippen LogP contribution in [0.25, 0.3) is 0 Å². The number of carbonyl (C=O) groups is 2. The maximum absolute atomic E-state index is 13.0. The zero-order chi connectivity index (χ0) is 17.9. The lowest BCUT2D eigenvalue weighted by Crippen LogP contribution is -2.48. The van der Waals surface area contributed by atoms with Gasteiger partial charge >= 0.3 is 0 Å². The number of rotatable bonds is 3. The van der Waals surface area contributed by atoms with Crippen molar-refractivity contribution in [3.63, 3.8) is 0 Å². The Morgan fingerprint density at radius 2 is 1.88 bits per heavy atom. The standard InChI is InChI=1S/C20H26N2O4/c23-19(21-15-7-2-1-3-8-15)14-6-5-11-22(12-14)20(24)16-9-4-10-17-18(16)26-13-25-17/h4,9-10,14-15H,1-3,5-8,11-13H2,(H,21,23). The summed E-state index contributed by atoms with van der Waals surface area (Å²) in [6.45, 7) is 1.30. The van der Waals surface area contributed by atoms with Gasteiger partial charge in [0.1, 0.15) is 0 Å². The molecule has 1 unspecified atom stereocenters. The van der Waals surface area contributed by atoms with Crippen LogP contribution in [-0.4, -0.2) is 42.6 Å². The van der Waals surface area contributed by atoms with Crippen LogP contribution in [0.5, 0.6) is 11.5 Å². The van der Waals surface area contributed by atoms with Crippen molar-refractivity contribution in [1.82, 2.24) is 10.2 Å². The Balaban J connectivity index is 1.41. The third kappa shape index (κ3) is 3.50. The van der Waals surface area contributed by atoms with E-state index in [1.54, 1.807) is 23.1 Å². The Kier molecular flexibility index (Phi) is 5.00. The second kappa shape index (κ2) is 7.56. The van der Waals surface area contributed by atoms with Gasteiger partial charge in [0.05, 0.1) is 11.5 Å². The molecule has 6 nitrogen and oxygen atoms in total. The van der Waals surface area contributed by atoms with Crippen LogP contribution in [0.2, 0.25) is 0 Å². The van der Waals surface area contributed by atoms with Crippen molar-refractivity contribution >= 4 is 11.8 Å². The number of fused-ring (bicyclic) bond motifs is 1. The minimum absolute atomic E-state index is 0.0810. The highest BCUT2D eigenvalue weighted by Gasteiger charge is 2.32. The van der Waals surface area contributed by atoms with E-state index in [1.165, 1.54) is 19.3 Å². The number of para-hydroxylation sites is 1. The van der Waals surface area contributed by atoms with E-state index in [0.29, 0.717) is 36.2 Å². The van der Waals surface area contributed by atoms with Gasteiger partial charge in [-0.25, -0.2) is 0 Å². The maximum atomic E-state index is 13.0. The molecule has 1 aromatic carbocycles. The molecule has 1 aliphatic carbocycles. The zero-order valence-corrected chi connectivity index (χ0v) is 15.0. The van der Waals surface area contributed by atoms with Crippen molar-refractivity contribution in [2.45, 2.75) is 51.0 Å². The molecule has 2 amide bonds. The highest BCUT2D eigenvalue weighted by Crippen LogP contribution is 2.36. The van der Waals surface area contributed by atoms with Crippen LogP contribution in [0.1, 0.15) is 55.3 Å². The van der Waals surface area contributed by atoms with Gasteiger partial charge in [0.25, 0.3) is 5.91 Å². The van der Waals surface area contributed by atoms with Crippen molar-refractivity contribution in [3.8, 4) is 11.5 Å². The van der Waals surface area contributed by atoms with Gasteiger partial charge in [0, 0.05) is 19.1 Å². The molecule has 0 radical (unpaired) electrons. The molecule has 2 heterocycles. The van der Waals surface area contributed by atoms with Crippen molar-refractivity contribution in [1.29, 1.82) is 0 Å². The molecular formula is C20H26N2O4. The minimum Gasteiger partial charge on any atom is -0.454 e. The fourth-order valence-corrected chi connectivity index (χ4v) is 4.21. The summed E-state index contributed by atoms with van der Waals surface area (Å²) in [5.41, 5.74) is 0.522. The van der Waals surface area contributed by atoms with Gasteiger partial charge in [-0.15, -0.1) is 0 Å². The fourth-order valence-electron chi connectivity index (χ4n) is 4.21. The quantitative estimate of drug-likeness (QED) is 0.902. The first-order chi connectivity index (χ1) is 12.7. The third-order valence-corrected chi connectivity index (χ3v) is 5.66. The average Bonchev–Trinajstić information content (AvgIpc) is 3.17. The molecule has 0 spiro atoms. The van der Waals surface area contributed by atoms with Crippen LogP contribution >= 0.6 is 0 Å². The lowest BCUT2D eigenvalue weighted by atomic mass is 9.92. The molecule has 1 saturated heterocycles. The molecule has 4 rings (SSSR count). The summed E-state index contributed by atoms with van der Waals surface area (Å²) >= 11 is 0. The zero-order valence-electron chi connectivity index (χ0n) is 15.0. The van der Waals surface area contributed by atoms with Gasteiger partial charge < -0.3 is 19.7 Å². The van der Waals surface area contributed by atoms with Crippen molar-refractivity contribution < 1.29 is 19.1 Å². The molecule has 140 valence electrons. The Hall–Kier alpha value is -2.24. The number of nitrogens with zero attached hydrogens (tertiary/aromatic N) is 1. The number of ether oxygens (including phenoxy) is 2. The number of likely N-dealkylation sites (tertiary alicyclic amines) is 1. The second-order valence-electron chi connectivity index (χ2n) is 7.47. The second-order valence-corrected chi connectivity index (χ2v) is 7.47. The fraction of sp³-hybridized carbons (Fsp3) is 0.600. The van der Waals surface area contributed by atoms with Crippen molar-refractivity contribution in [2.75, 3.05) is 19.9 Å². The highest BCUT2D eigenvalue weighted by atomic mass is 16.7. The first-order valence-corrected chi connectivity index (χ1v) is 9.70. The van der Waals surface area contributed by atoms with Crippen LogP contribution in [-0.2, 0) is 4.79 Å². The number of amides is 2. The van der Waals surface area contributed by atoms with E-state index in [4.69, 9.17) is 9.47 Å². The van der Waals surface area contributed by atoms with E-state index in [1.807, 2.05) is 0 Å². The summed E-state index contributed by atoms with van der Waals surface area (Å²) in [4.78, 5) is 27.4. The summed E-state index contributed by atoms with van der Waals surface area (Å²) in [6.07, 6.45) is 7.51. The van der Waals surface area contributed by atoms with Crippen LogP contribution in [0.15, 0.2) is 18.2 Å². The van der Waals surface area contributed by atoms with Gasteiger partial charge in [-0.1, -0.05) is 25.3 Å². The van der Waals surface area contributed by atoms with Crippen molar-refractivity contribution in [3.05, 3.63) is 23.8 Å². The van der Waals surface area contributed by atoms with E-state index in [0.717, 1.165) is 25.7 Å². The van der Waals surface area contributed by atoms with Crippen LogP contribution in [0.4, 0.5) is 0 Å². The van der Waals surface area contributed by atoms with Gasteiger partial charge in [-0.05, 0) is 37.8 Å². The number of nitrogens with one attached hydrogen (secondary N) is 1. The van der Waals surface area contributed by atoms with E-state index in [-0.39, 0.29) is 24.5 Å². The summed E-state index contributed by atoms with van der Waals surface area (Å²) in [5, 5.41) is 3.21. The Bertz CT molecular complexity index is 684. The smallest absolute Gasteiger partial charge is 0.257 e. The summed E-state index contributed by atoms with van der Waals surface area (Å²) in [5.74, 6) is 1.03. The normalized spacial score (nSPS) is 22.9. The summed E-state index contributed by atoms with van der Waals surface area (Å²) < 4.78 is 10.8. The van der Waals surface area contributed by atoms with Gasteiger partial charge in [0.2, 0.25) is 12.7 Å². The van der Waals surface area contributed by atoms with Gasteiger partial charge in [-0.2, -0.15) is 0 Å². The van der Waals surface area contributed by atoms with Crippen LogP contribution < -0.4 is 14.8 Å². The Morgan fingerprint density at radius 3 is 2.73 bits per heavy atom. The van der Waals surface area contributed by atoms with Crippen molar-refractivity contribution in [2.24, 2.45) is 5.92 Å². The molecule has 1 saturated carbocycles. The Labute approximate surface area is 153 Å². The molecule has 2 fully saturated rings. The number of piperidine rings is 1. The first-order valence-electron chi connectivity index (χ1n) is 9.70. The molecule has 26 heavy (non-hydrogen) atoms. The highest BCUT2D eigenvalue weighted by molar-refractivity contribution is 5.98. The van der Waals surface area contributed by atoms with E-state index >= 15 is 0 Å². The van der Waals surface area contributed by atoms with Crippen LogP contribution in [0, 0.1) is 5.92 Å². The van der Waals surface area contributed by atoms with Gasteiger partial charge in [-0.3, -0.25) is 9.59 Å². The van der Waals surface area contributed by atoms with Gasteiger partial charge in [0.15, 0.2) is 11.5 Å². The summed E-state index contributed by atoms with van der Waals surface area (Å²) in [6, 6.07) is 5.68. The molecule has 2 aliphatic heterocycles. The maximum Gasteiger partial charge on any atom is 0.257 e. The number of benzene rings is 1. The molecule has 0 bridgehead atoms. The lowest BCUT2D eigenvalue weighted by Gasteiger charge is -2.33. The number of hydrogen-bond donors (Lipinski definition) is 1. The topological polar surface area (TPSA) is 67.9 Å². The molecule has 1 N–H and O–H groups in total. The number of carbonyl (C=O) groups excluding carboxylic acids is 2. The van der Waals surface area contributed by atoms with Crippen LogP contribution in [0.3, 0.4) is 0 Å². The third-order valence-electron chi connectivity index (χ3n) is 5.66. The van der Waals surface area contributed by atoms with E-state index in [9.17, 15) is 9.59 Å². The first kappa shape index (κ1) is 17.2. The minimum atomic E-state index is -0.122. The molecular weight excluding hydrogens is 332 g/mol. The SMILES string of the molecule is O=C(NC1CCCCC1)C1CCCN(C(=O)c2cccc3c2OCO3)C1. The molecule has 0 aromatic heterocycles. The monoisotopic (exact) mass is 358 g/mol. The summed E-state index contributed by atoms with van der Waals surface area (Å²) in [7, 11) is 0. The average molecular weight is 358 g/mol. The largest absolute Gasteiger partial charge is 0.454 e. The number of hydrogen-bond acceptors (Lipinski definition) is 4. The predicted octanol–water partition coefficient (Wildman–Crippen LogP) is 2.72. The molecule has 3 aliphatic rings. The molecule has 1 aromatic rings. The van der Waals surface area contributed by atoms with E-state index in [2.05, 4.69) is 5.32 Å². The molecule has 6 heteroatoms. The van der Waals surface area contributed by atoms with E-state index < -0.39 is 0 Å². The predicted molar refractivity (Wildman–Crippen MR) is 96.2 cm³/mol. The lowest BCUT2D eigenvalue weighted by molar-refractivity contribution is -0.127. The molecule has 1 atom stereocenters.